The molecule has 8 atom stereocenters. The molecule has 0 radical (unpaired) electrons. The van der Waals surface area contributed by atoms with Crippen LogP contribution in [0, 0.1) is 28.6 Å². The molecule has 4 aliphatic carbocycles. The summed E-state index contributed by atoms with van der Waals surface area (Å²) >= 11 is 0. The molecule has 222 valence electrons. The van der Waals surface area contributed by atoms with Crippen molar-refractivity contribution in [3.63, 3.8) is 0 Å². The smallest absolute Gasteiger partial charge is 0.326 e. The Balaban J connectivity index is 1.27. The molecule has 4 rings (SSSR count). The molecule has 0 saturated heterocycles. The fraction of sp³-hybridized carbons (Fsp3) is 0.774. The van der Waals surface area contributed by atoms with Crippen molar-refractivity contribution < 1.29 is 33.8 Å². The number of hydrogen-bond donors (Lipinski definition) is 3. The predicted octanol–water partition coefficient (Wildman–Crippen LogP) is 4.08. The zero-order valence-electron chi connectivity index (χ0n) is 24.4. The lowest BCUT2D eigenvalue weighted by Crippen LogP contribution is -2.51. The maximum atomic E-state index is 12.8. The second-order valence-corrected chi connectivity index (χ2v) is 13.0. The maximum Gasteiger partial charge on any atom is 0.326 e. The Hall–Kier alpha value is -2.71. The van der Waals surface area contributed by atoms with Gasteiger partial charge in [0.05, 0.1) is 6.42 Å². The topological polar surface area (TPSA) is 139 Å². The summed E-state index contributed by atoms with van der Waals surface area (Å²) in [6.45, 7) is 7.95. The number of carbonyl (C=O) groups excluding carboxylic acids is 4. The van der Waals surface area contributed by atoms with Crippen LogP contribution < -0.4 is 10.6 Å². The van der Waals surface area contributed by atoms with Gasteiger partial charge in [-0.3, -0.25) is 19.2 Å². The van der Waals surface area contributed by atoms with Crippen LogP contribution in [-0.2, 0) is 28.7 Å². The monoisotopic (exact) mass is 558 g/mol. The molecule has 2 amide bonds. The molecule has 0 aromatic heterocycles. The number of nitrogens with one attached hydrogen (secondary N) is 2. The zero-order valence-corrected chi connectivity index (χ0v) is 24.4. The van der Waals surface area contributed by atoms with Crippen molar-refractivity contribution in [2.45, 2.75) is 123 Å². The van der Waals surface area contributed by atoms with E-state index in [0.29, 0.717) is 37.0 Å². The Labute approximate surface area is 237 Å². The van der Waals surface area contributed by atoms with E-state index >= 15 is 0 Å². The highest BCUT2D eigenvalue weighted by molar-refractivity contribution is 5.92. The molecule has 9 heteroatoms. The second-order valence-electron chi connectivity index (χ2n) is 13.0. The molecule has 0 bridgehead atoms. The van der Waals surface area contributed by atoms with Crippen LogP contribution in [0.5, 0.6) is 0 Å². The number of rotatable bonds is 10. The minimum Gasteiger partial charge on any atom is -0.480 e. The normalized spacial score (nSPS) is 34.3. The average molecular weight is 559 g/mol. The molecule has 3 N–H and O–H groups in total. The van der Waals surface area contributed by atoms with Gasteiger partial charge in [-0.25, -0.2) is 4.79 Å². The van der Waals surface area contributed by atoms with E-state index in [1.807, 2.05) is 13.0 Å². The molecule has 0 aromatic rings. The van der Waals surface area contributed by atoms with Gasteiger partial charge in [-0.1, -0.05) is 32.8 Å². The lowest BCUT2D eigenvalue weighted by molar-refractivity contribution is -0.160. The molecule has 0 aliphatic heterocycles. The first-order valence-electron chi connectivity index (χ1n) is 15.1. The minimum absolute atomic E-state index is 0.0721. The molecule has 0 spiro atoms. The van der Waals surface area contributed by atoms with Gasteiger partial charge in [-0.15, -0.1) is 0 Å². The summed E-state index contributed by atoms with van der Waals surface area (Å²) in [6.07, 6.45) is 10.1. The van der Waals surface area contributed by atoms with Gasteiger partial charge in [-0.2, -0.15) is 0 Å². The van der Waals surface area contributed by atoms with Gasteiger partial charge in [0, 0.05) is 18.3 Å². The number of ether oxygens (including phenoxy) is 1. The van der Waals surface area contributed by atoms with Crippen LogP contribution in [0.1, 0.15) is 105 Å². The van der Waals surface area contributed by atoms with Crippen molar-refractivity contribution in [1.82, 2.24) is 10.6 Å². The van der Waals surface area contributed by atoms with Gasteiger partial charge >= 0.3 is 11.9 Å². The fourth-order valence-electron chi connectivity index (χ4n) is 8.36. The quantitative estimate of drug-likeness (QED) is 0.343. The number of esters is 1. The second kappa shape index (κ2) is 12.0. The number of carboxylic acids is 1. The molecule has 0 heterocycles. The number of ketones is 1. The third kappa shape index (κ3) is 5.98. The van der Waals surface area contributed by atoms with Crippen molar-refractivity contribution in [3.05, 3.63) is 11.6 Å². The highest BCUT2D eigenvalue weighted by atomic mass is 16.5. The Bertz CT molecular complexity index is 1070. The van der Waals surface area contributed by atoms with Crippen LogP contribution in [0.2, 0.25) is 0 Å². The van der Waals surface area contributed by atoms with Crippen LogP contribution >= 0.6 is 0 Å². The Morgan fingerprint density at radius 2 is 1.77 bits per heavy atom. The van der Waals surface area contributed by atoms with E-state index in [0.717, 1.165) is 44.9 Å². The standard InChI is InChI=1S/C31H46N2O7/c1-5-6-24(29(38)39)33-28(37)18(2)32-26(35)11-12-27(36)40-25-10-9-22-21-8-7-19-17-20(34)13-15-30(19,3)23(21)14-16-31(22,25)4/h17-18,21-25H,5-16H2,1-4H3,(H,32,35)(H,33,37)(H,38,39)/t18-,21+,22+,23+,24-,25+,30-,31-/m0/s1. The summed E-state index contributed by atoms with van der Waals surface area (Å²) < 4.78 is 6.00. The predicted molar refractivity (Wildman–Crippen MR) is 148 cm³/mol. The Kier molecular flexibility index (Phi) is 9.10. The first-order valence-corrected chi connectivity index (χ1v) is 15.1. The van der Waals surface area contributed by atoms with Crippen LogP contribution in [0.3, 0.4) is 0 Å². The first kappa shape index (κ1) is 30.3. The number of allylic oxidation sites excluding steroid dienone is 1. The Morgan fingerprint density at radius 1 is 1.02 bits per heavy atom. The number of hydrogen-bond acceptors (Lipinski definition) is 6. The van der Waals surface area contributed by atoms with E-state index < -0.39 is 35.8 Å². The van der Waals surface area contributed by atoms with E-state index in [4.69, 9.17) is 4.74 Å². The molecule has 9 nitrogen and oxygen atoms in total. The summed E-state index contributed by atoms with van der Waals surface area (Å²) in [5, 5.41) is 14.2. The van der Waals surface area contributed by atoms with Crippen LogP contribution in [0.4, 0.5) is 0 Å². The van der Waals surface area contributed by atoms with Gasteiger partial charge in [0.25, 0.3) is 0 Å². The van der Waals surface area contributed by atoms with Crippen LogP contribution in [0.15, 0.2) is 11.6 Å². The SMILES string of the molecule is CCC[C@H](NC(=O)[C@H](C)NC(=O)CCC(=O)O[C@@H]1CC[C@@H]2[C@H]3CCC4=CC(=O)CC[C@]4(C)[C@@H]3CC[C@@]21C)C(=O)O. The van der Waals surface area contributed by atoms with Gasteiger partial charge in [0.15, 0.2) is 5.78 Å². The zero-order chi connectivity index (χ0) is 29.2. The highest BCUT2D eigenvalue weighted by Crippen LogP contribution is 2.65. The number of fused-ring (bicyclic) bond motifs is 5. The lowest BCUT2D eigenvalue weighted by atomic mass is 9.47. The summed E-state index contributed by atoms with van der Waals surface area (Å²) in [7, 11) is 0. The lowest BCUT2D eigenvalue weighted by Gasteiger charge is -2.57. The van der Waals surface area contributed by atoms with Crippen LogP contribution in [-0.4, -0.2) is 52.8 Å². The molecule has 0 aromatic carbocycles. The van der Waals surface area contributed by atoms with Crippen molar-refractivity contribution in [1.29, 1.82) is 0 Å². The Morgan fingerprint density at radius 3 is 2.48 bits per heavy atom. The van der Waals surface area contributed by atoms with E-state index in [-0.39, 0.29) is 35.6 Å². The largest absolute Gasteiger partial charge is 0.480 e. The molecule has 4 aliphatic rings. The third-order valence-corrected chi connectivity index (χ3v) is 10.7. The minimum atomic E-state index is -1.11. The summed E-state index contributed by atoms with van der Waals surface area (Å²) in [5.41, 5.74) is 1.38. The average Bonchev–Trinajstić information content (AvgIpc) is 3.23. The van der Waals surface area contributed by atoms with Gasteiger partial charge in [0.2, 0.25) is 11.8 Å². The molecule has 3 fully saturated rings. The van der Waals surface area contributed by atoms with E-state index in [1.165, 1.54) is 12.5 Å². The summed E-state index contributed by atoms with van der Waals surface area (Å²) in [5.74, 6) is -0.633. The van der Waals surface area contributed by atoms with Gasteiger partial charge in [0.1, 0.15) is 18.2 Å². The summed E-state index contributed by atoms with van der Waals surface area (Å²) in [4.78, 5) is 60.9. The molecule has 3 saturated carbocycles. The molecular formula is C31H46N2O7. The van der Waals surface area contributed by atoms with E-state index in [2.05, 4.69) is 24.5 Å². The first-order chi connectivity index (χ1) is 18.9. The highest BCUT2D eigenvalue weighted by Gasteiger charge is 2.60. The van der Waals surface area contributed by atoms with E-state index in [9.17, 15) is 29.1 Å². The number of aliphatic carboxylic acids is 1. The fourth-order valence-corrected chi connectivity index (χ4v) is 8.36. The molecule has 40 heavy (non-hydrogen) atoms. The van der Waals surface area contributed by atoms with Crippen LogP contribution in [0.25, 0.3) is 0 Å². The van der Waals surface area contributed by atoms with Crippen molar-refractivity contribution >= 4 is 29.5 Å². The summed E-state index contributed by atoms with van der Waals surface area (Å²) in [6, 6.07) is -1.91. The third-order valence-electron chi connectivity index (χ3n) is 10.7. The van der Waals surface area contributed by atoms with Crippen molar-refractivity contribution in [2.24, 2.45) is 28.6 Å². The maximum absolute atomic E-state index is 12.8. The van der Waals surface area contributed by atoms with Gasteiger partial charge in [-0.05, 0) is 87.5 Å². The van der Waals surface area contributed by atoms with Gasteiger partial charge < -0.3 is 20.5 Å². The van der Waals surface area contributed by atoms with Crippen molar-refractivity contribution in [3.8, 4) is 0 Å². The van der Waals surface area contributed by atoms with Crippen molar-refractivity contribution in [2.75, 3.05) is 0 Å². The number of carboxylic acid groups (broad SMARTS) is 1. The number of carbonyl (C=O) groups is 5. The van der Waals surface area contributed by atoms with E-state index in [1.54, 1.807) is 0 Å². The number of amides is 2. The molecule has 0 unspecified atom stereocenters. The molecular weight excluding hydrogens is 512 g/mol.